The van der Waals surface area contributed by atoms with Crippen LogP contribution in [0.1, 0.15) is 44.1 Å². The molecule has 188 valence electrons. The number of rotatable bonds is 9. The van der Waals surface area contributed by atoms with E-state index >= 15 is 0 Å². The van der Waals surface area contributed by atoms with E-state index in [4.69, 9.17) is 20.6 Å². The van der Waals surface area contributed by atoms with E-state index in [0.29, 0.717) is 36.6 Å². The number of fused-ring (bicyclic) bond motifs is 1. The fourth-order valence-electron chi connectivity index (χ4n) is 5.15. The van der Waals surface area contributed by atoms with Crippen LogP contribution in [0.3, 0.4) is 0 Å². The zero-order valence-corrected chi connectivity index (χ0v) is 20.7. The predicted octanol–water partition coefficient (Wildman–Crippen LogP) is 2.85. The summed E-state index contributed by atoms with van der Waals surface area (Å²) < 4.78 is 16.0. The number of nitrogens with one attached hydrogen (secondary N) is 1. The Morgan fingerprint density at radius 3 is 2.66 bits per heavy atom. The third-order valence-electron chi connectivity index (χ3n) is 6.85. The van der Waals surface area contributed by atoms with Crippen LogP contribution >= 0.6 is 0 Å². The number of allylic oxidation sites excluding steroid dienone is 1. The minimum absolute atomic E-state index is 0.0284. The smallest absolute Gasteiger partial charge is 0.317 e. The van der Waals surface area contributed by atoms with Gasteiger partial charge < -0.3 is 24.4 Å². The summed E-state index contributed by atoms with van der Waals surface area (Å²) in [7, 11) is 4.53. The van der Waals surface area contributed by atoms with Crippen molar-refractivity contribution in [3.63, 3.8) is 0 Å². The third kappa shape index (κ3) is 5.61. The number of esters is 1. The van der Waals surface area contributed by atoms with Crippen molar-refractivity contribution >= 4 is 17.8 Å². The van der Waals surface area contributed by atoms with Gasteiger partial charge >= 0.3 is 5.97 Å². The Morgan fingerprint density at radius 2 is 1.97 bits per heavy atom. The van der Waals surface area contributed by atoms with E-state index in [1.807, 2.05) is 24.3 Å². The molecule has 2 aliphatic rings. The molecule has 1 saturated heterocycles. The molecule has 8 nitrogen and oxygen atoms in total. The van der Waals surface area contributed by atoms with Gasteiger partial charge in [-0.15, -0.1) is 6.42 Å². The molecule has 1 aliphatic carbocycles. The van der Waals surface area contributed by atoms with Gasteiger partial charge in [-0.25, -0.2) is 0 Å². The average Bonchev–Trinajstić information content (AvgIpc) is 3.09. The zero-order valence-electron chi connectivity index (χ0n) is 20.7. The highest BCUT2D eigenvalue weighted by atomic mass is 16.5. The molecular weight excluding hydrogens is 448 g/mol. The Labute approximate surface area is 207 Å². The lowest BCUT2D eigenvalue weighted by Gasteiger charge is -2.46. The summed E-state index contributed by atoms with van der Waals surface area (Å²) in [4.78, 5) is 41.0. The standard InChI is InChI=1S/C27H34N2O6/c1-5-14-28-24(30)17-20-18-27(26(32)35-4)13-8-6-7-9-23(27)29(25(20)31)15-12-19-10-11-21(33-2)22(16-19)34-3/h1,9-11,16,20H,6-8,12-15,17-18H2,2-4H3,(H,28,30)/t20-,27+/m1/s1. The van der Waals surface area contributed by atoms with E-state index < -0.39 is 11.3 Å². The third-order valence-corrected chi connectivity index (χ3v) is 6.85. The Kier molecular flexibility index (Phi) is 8.80. The molecule has 0 spiro atoms. The summed E-state index contributed by atoms with van der Waals surface area (Å²) in [6.45, 7) is 0.456. The van der Waals surface area contributed by atoms with Crippen LogP contribution in [0.2, 0.25) is 0 Å². The van der Waals surface area contributed by atoms with Crippen LogP contribution in [0.25, 0.3) is 0 Å². The van der Waals surface area contributed by atoms with E-state index in [1.165, 1.54) is 7.11 Å². The molecule has 0 aromatic heterocycles. The van der Waals surface area contributed by atoms with Crippen LogP contribution < -0.4 is 14.8 Å². The van der Waals surface area contributed by atoms with Crippen molar-refractivity contribution in [1.29, 1.82) is 0 Å². The van der Waals surface area contributed by atoms with Gasteiger partial charge in [0.05, 0.1) is 27.9 Å². The first-order chi connectivity index (χ1) is 16.9. The van der Waals surface area contributed by atoms with E-state index in [0.717, 1.165) is 24.8 Å². The summed E-state index contributed by atoms with van der Waals surface area (Å²) in [5, 5.41) is 2.63. The highest BCUT2D eigenvalue weighted by Crippen LogP contribution is 2.49. The second-order valence-corrected chi connectivity index (χ2v) is 8.92. The Hall–Kier alpha value is -3.47. The summed E-state index contributed by atoms with van der Waals surface area (Å²) in [6.07, 6.45) is 11.1. The van der Waals surface area contributed by atoms with Crippen molar-refractivity contribution in [2.75, 3.05) is 34.4 Å². The van der Waals surface area contributed by atoms with Gasteiger partial charge in [-0.2, -0.15) is 0 Å². The Bertz CT molecular complexity index is 1030. The number of carbonyl (C=O) groups is 3. The first-order valence-electron chi connectivity index (χ1n) is 11.9. The molecule has 1 heterocycles. The number of methoxy groups -OCH3 is 3. The number of ether oxygens (including phenoxy) is 3. The Balaban J connectivity index is 1.93. The van der Waals surface area contributed by atoms with Gasteiger partial charge in [-0.3, -0.25) is 14.4 Å². The number of hydrogen-bond acceptors (Lipinski definition) is 6. The first kappa shape index (κ1) is 26.1. The molecule has 3 rings (SSSR count). The number of likely N-dealkylation sites (tertiary alicyclic amines) is 1. The van der Waals surface area contributed by atoms with Gasteiger partial charge in [0.15, 0.2) is 11.5 Å². The van der Waals surface area contributed by atoms with Crippen molar-refractivity contribution in [2.45, 2.75) is 44.9 Å². The lowest BCUT2D eigenvalue weighted by atomic mass is 9.69. The molecule has 1 aliphatic heterocycles. The van der Waals surface area contributed by atoms with Crippen molar-refractivity contribution in [3.05, 3.63) is 35.5 Å². The highest BCUT2D eigenvalue weighted by Gasteiger charge is 2.53. The second kappa shape index (κ2) is 11.8. The summed E-state index contributed by atoms with van der Waals surface area (Å²) in [6, 6.07) is 5.64. The SMILES string of the molecule is C#CCNC(=O)C[C@@H]1C[C@@]2(C(=O)OC)CCCCC=C2N(CCc2ccc(OC)c(OC)c2)C1=O. The molecule has 2 amide bonds. The van der Waals surface area contributed by atoms with Gasteiger partial charge in [0.1, 0.15) is 5.41 Å². The maximum absolute atomic E-state index is 13.7. The quantitative estimate of drug-likeness (QED) is 0.430. The molecule has 1 fully saturated rings. The largest absolute Gasteiger partial charge is 0.493 e. The van der Waals surface area contributed by atoms with Gasteiger partial charge in [0.2, 0.25) is 11.8 Å². The Morgan fingerprint density at radius 1 is 1.20 bits per heavy atom. The first-order valence-corrected chi connectivity index (χ1v) is 11.9. The highest BCUT2D eigenvalue weighted by molar-refractivity contribution is 5.92. The van der Waals surface area contributed by atoms with Gasteiger partial charge in [-0.05, 0) is 49.8 Å². The number of amides is 2. The van der Waals surface area contributed by atoms with E-state index in [-0.39, 0.29) is 37.2 Å². The van der Waals surface area contributed by atoms with E-state index in [9.17, 15) is 14.4 Å². The van der Waals surface area contributed by atoms with Crippen LogP contribution in [-0.4, -0.2) is 57.1 Å². The molecular formula is C27H34N2O6. The van der Waals surface area contributed by atoms with Gasteiger partial charge in [0.25, 0.3) is 0 Å². The van der Waals surface area contributed by atoms with Crippen molar-refractivity contribution < 1.29 is 28.6 Å². The maximum Gasteiger partial charge on any atom is 0.317 e. The lowest BCUT2D eigenvalue weighted by Crippen LogP contribution is -2.53. The monoisotopic (exact) mass is 482 g/mol. The number of carbonyl (C=O) groups excluding carboxylic acids is 3. The van der Waals surface area contributed by atoms with Crippen LogP contribution in [0.15, 0.2) is 30.0 Å². The number of benzene rings is 1. The fourth-order valence-corrected chi connectivity index (χ4v) is 5.15. The predicted molar refractivity (Wildman–Crippen MR) is 131 cm³/mol. The van der Waals surface area contributed by atoms with Crippen LogP contribution in [-0.2, 0) is 25.5 Å². The number of terminal acetylenes is 1. The normalized spacial score (nSPS) is 21.7. The van der Waals surface area contributed by atoms with Crippen LogP contribution in [0.4, 0.5) is 0 Å². The molecule has 2 atom stereocenters. The lowest BCUT2D eigenvalue weighted by molar-refractivity contribution is -0.159. The topological polar surface area (TPSA) is 94.2 Å². The molecule has 0 radical (unpaired) electrons. The molecule has 1 aromatic carbocycles. The van der Waals surface area contributed by atoms with Crippen molar-refractivity contribution in [1.82, 2.24) is 10.2 Å². The summed E-state index contributed by atoms with van der Waals surface area (Å²) in [5.74, 6) is 2.14. The average molecular weight is 483 g/mol. The van der Waals surface area contributed by atoms with E-state index in [2.05, 4.69) is 11.2 Å². The number of hydrogen-bond donors (Lipinski definition) is 1. The van der Waals surface area contributed by atoms with Crippen LogP contribution in [0, 0.1) is 23.7 Å². The molecule has 8 heteroatoms. The molecule has 0 bridgehead atoms. The van der Waals surface area contributed by atoms with Crippen LogP contribution in [0.5, 0.6) is 11.5 Å². The van der Waals surface area contributed by atoms with Gasteiger partial charge in [0, 0.05) is 24.6 Å². The zero-order chi connectivity index (χ0) is 25.4. The molecule has 0 unspecified atom stereocenters. The minimum atomic E-state index is -0.951. The van der Waals surface area contributed by atoms with Crippen molar-refractivity contribution in [2.24, 2.45) is 11.3 Å². The number of nitrogens with zero attached hydrogens (tertiary/aromatic N) is 1. The molecule has 35 heavy (non-hydrogen) atoms. The minimum Gasteiger partial charge on any atom is -0.493 e. The fraction of sp³-hybridized carbons (Fsp3) is 0.519. The molecule has 0 saturated carbocycles. The number of piperidine rings is 1. The second-order valence-electron chi connectivity index (χ2n) is 8.92. The van der Waals surface area contributed by atoms with Gasteiger partial charge in [-0.1, -0.05) is 24.5 Å². The van der Waals surface area contributed by atoms with Crippen molar-refractivity contribution in [3.8, 4) is 23.8 Å². The maximum atomic E-state index is 13.7. The summed E-state index contributed by atoms with van der Waals surface area (Å²) in [5.41, 5.74) is 0.711. The summed E-state index contributed by atoms with van der Waals surface area (Å²) >= 11 is 0. The molecule has 1 N–H and O–H groups in total. The molecule has 1 aromatic rings. The van der Waals surface area contributed by atoms with E-state index in [1.54, 1.807) is 19.1 Å².